The maximum absolute atomic E-state index is 9.41. The zero-order valence-corrected chi connectivity index (χ0v) is 10.3. The third-order valence-electron chi connectivity index (χ3n) is 3.27. The molecule has 3 heteroatoms. The minimum Gasteiger partial charge on any atom is -0.423 e. The van der Waals surface area contributed by atoms with E-state index < -0.39 is 7.12 Å². The molecule has 3 aromatic rings. The fourth-order valence-electron chi connectivity index (χ4n) is 2.34. The number of hydrogen-bond acceptors (Lipinski definition) is 2. The molecule has 2 N–H and O–H groups in total. The first kappa shape index (κ1) is 12.0. The van der Waals surface area contributed by atoms with Crippen molar-refractivity contribution in [2.24, 2.45) is 0 Å². The van der Waals surface area contributed by atoms with Crippen molar-refractivity contribution in [3.63, 3.8) is 0 Å². The quantitative estimate of drug-likeness (QED) is 0.682. The van der Waals surface area contributed by atoms with E-state index in [9.17, 15) is 10.0 Å². The van der Waals surface area contributed by atoms with Gasteiger partial charge in [0.1, 0.15) is 0 Å². The van der Waals surface area contributed by atoms with Gasteiger partial charge in [-0.05, 0) is 27.4 Å². The monoisotopic (exact) mass is 248 g/mol. The molecule has 19 heavy (non-hydrogen) atoms. The van der Waals surface area contributed by atoms with Crippen molar-refractivity contribution in [3.8, 4) is 11.1 Å². The molecule has 0 aliphatic rings. The Kier molecular flexibility index (Phi) is 3.07. The van der Waals surface area contributed by atoms with Crippen LogP contribution in [-0.4, -0.2) is 17.2 Å². The third-order valence-corrected chi connectivity index (χ3v) is 3.27. The second-order valence-electron chi connectivity index (χ2n) is 4.53. The van der Waals surface area contributed by atoms with E-state index >= 15 is 0 Å². The molecule has 0 aromatic heterocycles. The normalized spacial score (nSPS) is 10.6. The van der Waals surface area contributed by atoms with Crippen LogP contribution in [0.3, 0.4) is 0 Å². The Labute approximate surface area is 112 Å². The maximum atomic E-state index is 9.41. The van der Waals surface area contributed by atoms with E-state index in [0.717, 1.165) is 21.9 Å². The molecule has 2 nitrogen and oxygen atoms in total. The molecule has 0 atom stereocenters. The van der Waals surface area contributed by atoms with Gasteiger partial charge in [0.05, 0.1) is 0 Å². The van der Waals surface area contributed by atoms with Crippen LogP contribution in [0, 0.1) is 0 Å². The van der Waals surface area contributed by atoms with Crippen LogP contribution in [-0.2, 0) is 0 Å². The molecule has 0 spiro atoms. The Bertz CT molecular complexity index is 708. The first-order chi connectivity index (χ1) is 9.25. The van der Waals surface area contributed by atoms with E-state index in [1.54, 1.807) is 0 Å². The average Bonchev–Trinajstić information content (AvgIpc) is 2.47. The topological polar surface area (TPSA) is 40.5 Å². The minimum absolute atomic E-state index is 0.512. The summed E-state index contributed by atoms with van der Waals surface area (Å²) in [5, 5.41) is 20.9. The molecule has 0 unspecified atom stereocenters. The maximum Gasteiger partial charge on any atom is 0.488 e. The minimum atomic E-state index is -1.45. The van der Waals surface area contributed by atoms with Crippen LogP contribution >= 0.6 is 0 Å². The molecule has 3 rings (SSSR count). The fraction of sp³-hybridized carbons (Fsp3) is 0. The zero-order chi connectivity index (χ0) is 13.2. The smallest absolute Gasteiger partial charge is 0.423 e. The Morgan fingerprint density at radius 3 is 2.16 bits per heavy atom. The molecule has 0 fully saturated rings. The van der Waals surface area contributed by atoms with Crippen molar-refractivity contribution in [3.05, 3.63) is 66.7 Å². The lowest BCUT2D eigenvalue weighted by Crippen LogP contribution is -2.29. The SMILES string of the molecule is OB(O)c1cc(-c2ccccc2)c2ccccc2c1. The molecule has 0 aliphatic carbocycles. The number of hydrogen-bond donors (Lipinski definition) is 2. The van der Waals surface area contributed by atoms with Gasteiger partial charge in [-0.1, -0.05) is 66.7 Å². The zero-order valence-electron chi connectivity index (χ0n) is 10.3. The van der Waals surface area contributed by atoms with Crippen molar-refractivity contribution in [1.29, 1.82) is 0 Å². The van der Waals surface area contributed by atoms with Crippen molar-refractivity contribution in [1.82, 2.24) is 0 Å². The highest BCUT2D eigenvalue weighted by Crippen LogP contribution is 2.27. The van der Waals surface area contributed by atoms with Crippen LogP contribution in [0.1, 0.15) is 0 Å². The molecule has 3 aromatic carbocycles. The van der Waals surface area contributed by atoms with Crippen molar-refractivity contribution in [2.75, 3.05) is 0 Å². The first-order valence-corrected chi connectivity index (χ1v) is 6.20. The standard InChI is InChI=1S/C16H13BO2/c18-17(19)14-10-13-8-4-5-9-15(13)16(11-14)12-6-2-1-3-7-12/h1-11,18-19H. The van der Waals surface area contributed by atoms with Gasteiger partial charge in [-0.25, -0.2) is 0 Å². The predicted octanol–water partition coefficient (Wildman–Crippen LogP) is 2.19. The molecule has 0 amide bonds. The summed E-state index contributed by atoms with van der Waals surface area (Å²) in [5.74, 6) is 0. The van der Waals surface area contributed by atoms with E-state index in [2.05, 4.69) is 0 Å². The Morgan fingerprint density at radius 2 is 1.42 bits per heavy atom. The largest absolute Gasteiger partial charge is 0.488 e. The van der Waals surface area contributed by atoms with Crippen LogP contribution in [0.2, 0.25) is 0 Å². The Balaban J connectivity index is 2.33. The summed E-state index contributed by atoms with van der Waals surface area (Å²) in [6.07, 6.45) is 0. The van der Waals surface area contributed by atoms with Gasteiger partial charge >= 0.3 is 7.12 Å². The van der Waals surface area contributed by atoms with Crippen LogP contribution in [0.5, 0.6) is 0 Å². The van der Waals surface area contributed by atoms with E-state index in [-0.39, 0.29) is 0 Å². The molecule has 0 heterocycles. The molecule has 92 valence electrons. The van der Waals surface area contributed by atoms with Crippen LogP contribution < -0.4 is 5.46 Å². The lowest BCUT2D eigenvalue weighted by Gasteiger charge is -2.10. The van der Waals surface area contributed by atoms with E-state index in [0.29, 0.717) is 5.46 Å². The first-order valence-electron chi connectivity index (χ1n) is 6.20. The Hall–Kier alpha value is -2.10. The lowest BCUT2D eigenvalue weighted by molar-refractivity contribution is 0.426. The van der Waals surface area contributed by atoms with Gasteiger partial charge in [0, 0.05) is 0 Å². The van der Waals surface area contributed by atoms with Gasteiger partial charge in [-0.2, -0.15) is 0 Å². The highest BCUT2D eigenvalue weighted by molar-refractivity contribution is 6.59. The average molecular weight is 248 g/mol. The summed E-state index contributed by atoms with van der Waals surface area (Å²) in [6.45, 7) is 0. The third kappa shape index (κ3) is 2.26. The molecular weight excluding hydrogens is 235 g/mol. The number of fused-ring (bicyclic) bond motifs is 1. The van der Waals surface area contributed by atoms with Crippen LogP contribution in [0.15, 0.2) is 66.7 Å². The van der Waals surface area contributed by atoms with Gasteiger partial charge in [0.15, 0.2) is 0 Å². The van der Waals surface area contributed by atoms with E-state index in [1.165, 1.54) is 0 Å². The van der Waals surface area contributed by atoms with E-state index in [1.807, 2.05) is 66.7 Å². The van der Waals surface area contributed by atoms with Gasteiger partial charge in [-0.3, -0.25) is 0 Å². The highest BCUT2D eigenvalue weighted by Gasteiger charge is 2.14. The summed E-state index contributed by atoms with van der Waals surface area (Å²) in [4.78, 5) is 0. The molecule has 0 saturated carbocycles. The molecular formula is C16H13BO2. The van der Waals surface area contributed by atoms with Crippen LogP contribution in [0.4, 0.5) is 0 Å². The van der Waals surface area contributed by atoms with Crippen molar-refractivity contribution < 1.29 is 10.0 Å². The summed E-state index contributed by atoms with van der Waals surface area (Å²) in [6, 6.07) is 21.6. The summed E-state index contributed by atoms with van der Waals surface area (Å²) >= 11 is 0. The molecule has 0 bridgehead atoms. The number of benzene rings is 3. The Morgan fingerprint density at radius 1 is 0.737 bits per heavy atom. The van der Waals surface area contributed by atoms with Gasteiger partial charge in [-0.15, -0.1) is 0 Å². The summed E-state index contributed by atoms with van der Waals surface area (Å²) < 4.78 is 0. The summed E-state index contributed by atoms with van der Waals surface area (Å²) in [5.41, 5.74) is 2.60. The predicted molar refractivity (Wildman–Crippen MR) is 79.2 cm³/mol. The van der Waals surface area contributed by atoms with Gasteiger partial charge < -0.3 is 10.0 Å². The second kappa shape index (κ2) is 4.88. The second-order valence-corrected chi connectivity index (χ2v) is 4.53. The van der Waals surface area contributed by atoms with Gasteiger partial charge in [0.25, 0.3) is 0 Å². The summed E-state index contributed by atoms with van der Waals surface area (Å²) in [7, 11) is -1.45. The lowest BCUT2D eigenvalue weighted by atomic mass is 9.77. The van der Waals surface area contributed by atoms with Crippen molar-refractivity contribution >= 4 is 23.4 Å². The van der Waals surface area contributed by atoms with Gasteiger partial charge in [0.2, 0.25) is 0 Å². The van der Waals surface area contributed by atoms with Crippen LogP contribution in [0.25, 0.3) is 21.9 Å². The van der Waals surface area contributed by atoms with Crippen molar-refractivity contribution in [2.45, 2.75) is 0 Å². The molecule has 0 saturated heterocycles. The highest BCUT2D eigenvalue weighted by atomic mass is 16.4. The molecule has 0 aliphatic heterocycles. The van der Waals surface area contributed by atoms with E-state index in [4.69, 9.17) is 0 Å². The fourth-order valence-corrected chi connectivity index (χ4v) is 2.34. The molecule has 0 radical (unpaired) electrons. The number of rotatable bonds is 2.